The van der Waals surface area contributed by atoms with Gasteiger partial charge in [0.05, 0.1) is 30.6 Å². The third kappa shape index (κ3) is 10.6. The first kappa shape index (κ1) is 34.0. The molecule has 47 heavy (non-hydrogen) atoms. The number of amides is 4. The van der Waals surface area contributed by atoms with Gasteiger partial charge in [0, 0.05) is 25.2 Å². The number of carbonyl (C=O) groups excluding carboxylic acids is 4. The second-order valence-electron chi connectivity index (χ2n) is 10.3. The van der Waals surface area contributed by atoms with Gasteiger partial charge in [-0.2, -0.15) is 0 Å². The largest absolute Gasteiger partial charge is 0.480 e. The number of imidazole rings is 1. The van der Waals surface area contributed by atoms with Crippen LogP contribution in [0.1, 0.15) is 40.7 Å². The quantitative estimate of drug-likeness (QED) is 0.121. The fourth-order valence-corrected chi connectivity index (χ4v) is 4.46. The number of rotatable bonds is 15. The SMILES string of the molecule is CCOC(=O)CCNC(=O)N(Cc1ccc(C(=O)NCC(NC(=O)OCc2ccccc2)C(=O)O)cc1)Cc1nc2ccccc2[nH]1. The summed E-state index contributed by atoms with van der Waals surface area (Å²) < 4.78 is 9.99. The van der Waals surface area contributed by atoms with Crippen molar-refractivity contribution in [2.45, 2.75) is 39.1 Å². The summed E-state index contributed by atoms with van der Waals surface area (Å²) in [6.45, 7) is 1.91. The van der Waals surface area contributed by atoms with Crippen LogP contribution in [0.25, 0.3) is 11.0 Å². The molecule has 1 unspecified atom stereocenters. The van der Waals surface area contributed by atoms with Crippen LogP contribution in [0.3, 0.4) is 0 Å². The number of hydrogen-bond acceptors (Lipinski definition) is 8. The van der Waals surface area contributed by atoms with Crippen LogP contribution in [0.4, 0.5) is 9.59 Å². The zero-order valence-electron chi connectivity index (χ0n) is 25.7. The van der Waals surface area contributed by atoms with Gasteiger partial charge in [0.2, 0.25) is 0 Å². The van der Waals surface area contributed by atoms with Crippen molar-refractivity contribution in [3.8, 4) is 0 Å². The summed E-state index contributed by atoms with van der Waals surface area (Å²) in [7, 11) is 0. The molecule has 14 nitrogen and oxygen atoms in total. The summed E-state index contributed by atoms with van der Waals surface area (Å²) in [4.78, 5) is 70.7. The predicted molar refractivity (Wildman–Crippen MR) is 170 cm³/mol. The molecule has 1 aromatic heterocycles. The number of aliphatic carboxylic acids is 1. The van der Waals surface area contributed by atoms with Crippen LogP contribution in [-0.4, -0.2) is 75.7 Å². The minimum Gasteiger partial charge on any atom is -0.480 e. The Kier molecular flexibility index (Phi) is 12.3. The van der Waals surface area contributed by atoms with Gasteiger partial charge in [-0.15, -0.1) is 0 Å². The van der Waals surface area contributed by atoms with E-state index in [4.69, 9.17) is 9.47 Å². The number of nitrogens with one attached hydrogen (secondary N) is 4. The number of benzene rings is 3. The summed E-state index contributed by atoms with van der Waals surface area (Å²) in [6, 6.07) is 20.9. The van der Waals surface area contributed by atoms with Crippen molar-refractivity contribution in [3.63, 3.8) is 0 Å². The van der Waals surface area contributed by atoms with E-state index in [2.05, 4.69) is 25.9 Å². The first-order valence-corrected chi connectivity index (χ1v) is 14.9. The topological polar surface area (TPSA) is 192 Å². The number of carboxylic acids is 1. The van der Waals surface area contributed by atoms with Gasteiger partial charge in [-0.3, -0.25) is 9.59 Å². The Morgan fingerprint density at radius 2 is 1.60 bits per heavy atom. The molecule has 4 aromatic rings. The van der Waals surface area contributed by atoms with Gasteiger partial charge in [-0.25, -0.2) is 19.4 Å². The van der Waals surface area contributed by atoms with E-state index in [-0.39, 0.29) is 51.4 Å². The molecule has 0 radical (unpaired) electrons. The number of ether oxygens (including phenoxy) is 2. The van der Waals surface area contributed by atoms with Crippen LogP contribution in [0.2, 0.25) is 0 Å². The van der Waals surface area contributed by atoms with Gasteiger partial charge in [0.15, 0.2) is 0 Å². The molecule has 0 fully saturated rings. The Balaban J connectivity index is 1.34. The Morgan fingerprint density at radius 3 is 2.30 bits per heavy atom. The van der Waals surface area contributed by atoms with Crippen molar-refractivity contribution in [1.29, 1.82) is 0 Å². The summed E-state index contributed by atoms with van der Waals surface area (Å²) >= 11 is 0. The molecule has 246 valence electrons. The van der Waals surface area contributed by atoms with E-state index in [9.17, 15) is 29.1 Å². The van der Waals surface area contributed by atoms with E-state index in [0.29, 0.717) is 11.4 Å². The lowest BCUT2D eigenvalue weighted by Gasteiger charge is -2.22. The summed E-state index contributed by atoms with van der Waals surface area (Å²) in [5.41, 5.74) is 3.25. The van der Waals surface area contributed by atoms with E-state index in [0.717, 1.165) is 16.6 Å². The number of aromatic nitrogens is 2. The minimum absolute atomic E-state index is 0.0228. The maximum atomic E-state index is 13.1. The van der Waals surface area contributed by atoms with Crippen molar-refractivity contribution in [2.24, 2.45) is 0 Å². The molecule has 0 spiro atoms. The van der Waals surface area contributed by atoms with Crippen molar-refractivity contribution < 1.29 is 38.6 Å². The molecular formula is C33H36N6O8. The lowest BCUT2D eigenvalue weighted by molar-refractivity contribution is -0.143. The summed E-state index contributed by atoms with van der Waals surface area (Å²) in [6.07, 6.45) is -0.911. The molecule has 0 bridgehead atoms. The Bertz CT molecular complexity index is 1640. The summed E-state index contributed by atoms with van der Waals surface area (Å²) in [5, 5.41) is 17.0. The highest BCUT2D eigenvalue weighted by atomic mass is 16.5. The molecule has 0 saturated carbocycles. The van der Waals surface area contributed by atoms with Crippen LogP contribution in [0.15, 0.2) is 78.9 Å². The van der Waals surface area contributed by atoms with Gasteiger partial charge < -0.3 is 40.4 Å². The number of aromatic amines is 1. The van der Waals surface area contributed by atoms with Crippen molar-refractivity contribution >= 4 is 41.0 Å². The van der Waals surface area contributed by atoms with E-state index in [1.165, 1.54) is 4.90 Å². The van der Waals surface area contributed by atoms with Gasteiger partial charge in [-0.05, 0) is 42.3 Å². The molecule has 1 atom stereocenters. The molecule has 0 aliphatic carbocycles. The van der Waals surface area contributed by atoms with Gasteiger partial charge in [-0.1, -0.05) is 54.6 Å². The first-order valence-electron chi connectivity index (χ1n) is 14.9. The van der Waals surface area contributed by atoms with Gasteiger partial charge >= 0.3 is 24.1 Å². The van der Waals surface area contributed by atoms with E-state index >= 15 is 0 Å². The normalized spacial score (nSPS) is 11.3. The van der Waals surface area contributed by atoms with Crippen molar-refractivity contribution in [1.82, 2.24) is 30.8 Å². The minimum atomic E-state index is -1.42. The molecule has 3 aromatic carbocycles. The first-order chi connectivity index (χ1) is 22.7. The highest BCUT2D eigenvalue weighted by Crippen LogP contribution is 2.15. The number of nitrogens with zero attached hydrogens (tertiary/aromatic N) is 2. The molecule has 14 heteroatoms. The fourth-order valence-electron chi connectivity index (χ4n) is 4.46. The second kappa shape index (κ2) is 17.0. The van der Waals surface area contributed by atoms with Crippen molar-refractivity contribution in [2.75, 3.05) is 19.7 Å². The molecule has 0 aliphatic heterocycles. The Labute approximate surface area is 270 Å². The van der Waals surface area contributed by atoms with Crippen LogP contribution in [0, 0.1) is 0 Å². The highest BCUT2D eigenvalue weighted by molar-refractivity contribution is 5.94. The van der Waals surface area contributed by atoms with Crippen LogP contribution in [0.5, 0.6) is 0 Å². The van der Waals surface area contributed by atoms with Crippen LogP contribution < -0.4 is 16.0 Å². The standard InChI is InChI=1S/C33H36N6O8/c1-2-46-29(40)16-17-34-32(44)39(20-28-36-25-10-6-7-11-26(25)37-28)19-22-12-14-24(15-13-22)30(41)35-18-27(31(42)43)38-33(45)47-21-23-8-4-3-5-9-23/h3-15,27H,2,16-21H2,1H3,(H,34,44)(H,35,41)(H,36,37)(H,38,45)(H,42,43). The fraction of sp³-hybridized carbons (Fsp3) is 0.273. The monoisotopic (exact) mass is 644 g/mol. The number of hydrogen-bond donors (Lipinski definition) is 5. The molecule has 4 amide bonds. The number of para-hydroxylation sites is 2. The van der Waals surface area contributed by atoms with E-state index < -0.39 is 36.0 Å². The predicted octanol–water partition coefficient (Wildman–Crippen LogP) is 3.34. The van der Waals surface area contributed by atoms with Gasteiger partial charge in [0.25, 0.3) is 5.91 Å². The average Bonchev–Trinajstić information content (AvgIpc) is 3.48. The van der Waals surface area contributed by atoms with Gasteiger partial charge in [0.1, 0.15) is 18.5 Å². The Morgan fingerprint density at radius 1 is 0.872 bits per heavy atom. The molecular weight excluding hydrogens is 608 g/mol. The molecule has 5 N–H and O–H groups in total. The number of H-pyrrole nitrogens is 1. The van der Waals surface area contributed by atoms with Crippen LogP contribution >= 0.6 is 0 Å². The number of fused-ring (bicyclic) bond motifs is 1. The third-order valence-electron chi connectivity index (χ3n) is 6.84. The summed E-state index contributed by atoms with van der Waals surface area (Å²) in [5.74, 6) is -1.76. The highest BCUT2D eigenvalue weighted by Gasteiger charge is 2.22. The smallest absolute Gasteiger partial charge is 0.408 e. The number of urea groups is 1. The zero-order chi connectivity index (χ0) is 33.6. The molecule has 1 heterocycles. The van der Waals surface area contributed by atoms with E-state index in [1.54, 1.807) is 55.5 Å². The average molecular weight is 645 g/mol. The number of alkyl carbamates (subject to hydrolysis) is 1. The number of carbonyl (C=O) groups is 5. The Hall–Kier alpha value is -5.92. The van der Waals surface area contributed by atoms with Crippen molar-refractivity contribution in [3.05, 3.63) is 101 Å². The number of carboxylic acid groups (broad SMARTS) is 1. The maximum absolute atomic E-state index is 13.1. The molecule has 0 aliphatic rings. The maximum Gasteiger partial charge on any atom is 0.408 e. The lowest BCUT2D eigenvalue weighted by Crippen LogP contribution is -2.48. The molecule has 0 saturated heterocycles. The zero-order valence-corrected chi connectivity index (χ0v) is 25.7. The molecule has 4 rings (SSSR count). The van der Waals surface area contributed by atoms with Crippen LogP contribution in [-0.2, 0) is 38.8 Å². The number of esters is 1. The van der Waals surface area contributed by atoms with E-state index in [1.807, 2.05) is 30.3 Å². The third-order valence-corrected chi connectivity index (χ3v) is 6.84. The lowest BCUT2D eigenvalue weighted by atomic mass is 10.1. The second-order valence-corrected chi connectivity index (χ2v) is 10.3.